The van der Waals surface area contributed by atoms with Crippen LogP contribution < -0.4 is 10.2 Å². The molecule has 4 rings (SSSR count). The Bertz CT molecular complexity index is 1470. The van der Waals surface area contributed by atoms with E-state index in [9.17, 15) is 31.2 Å². The number of halogens is 4. The third-order valence-corrected chi connectivity index (χ3v) is 8.81. The van der Waals surface area contributed by atoms with Crippen LogP contribution in [0, 0.1) is 0 Å². The normalized spacial score (nSPS) is 16.2. The van der Waals surface area contributed by atoms with Crippen molar-refractivity contribution in [3.8, 4) is 0 Å². The molecule has 1 amide bonds. The summed E-state index contributed by atoms with van der Waals surface area (Å²) >= 11 is 6.55. The van der Waals surface area contributed by atoms with Gasteiger partial charge in [-0.2, -0.15) is 13.2 Å². The molecule has 0 spiro atoms. The third-order valence-electron chi connectivity index (χ3n) is 5.67. The van der Waals surface area contributed by atoms with Crippen molar-refractivity contribution in [3.63, 3.8) is 0 Å². The number of carbonyl (C=O) groups is 2. The van der Waals surface area contributed by atoms with Crippen molar-refractivity contribution in [2.75, 3.05) is 34.8 Å². The van der Waals surface area contributed by atoms with Crippen molar-refractivity contribution in [1.82, 2.24) is 19.9 Å². The number of aromatic nitrogens is 4. The first-order valence-corrected chi connectivity index (χ1v) is 14.1. The van der Waals surface area contributed by atoms with E-state index < -0.39 is 38.4 Å². The van der Waals surface area contributed by atoms with Gasteiger partial charge in [0.25, 0.3) is 5.91 Å². The zero-order valence-electron chi connectivity index (χ0n) is 19.7. The van der Waals surface area contributed by atoms with Crippen LogP contribution in [-0.4, -0.2) is 64.6 Å². The van der Waals surface area contributed by atoms with Crippen LogP contribution >= 0.6 is 22.9 Å². The Morgan fingerprint density at radius 1 is 1.13 bits per heavy atom. The Labute approximate surface area is 224 Å². The number of thiazole rings is 1. The SMILES string of the molecule is C[C@@H](CC(=O)c1cc(N2CCS(=O)(=O)CC2)ncn1)c1ncc(C(=O)Nc2cc(C(F)(F)F)c(Cl)cn2)s1. The number of nitrogens with one attached hydrogen (secondary N) is 1. The number of amides is 1. The number of sulfone groups is 1. The maximum Gasteiger partial charge on any atom is 0.418 e. The summed E-state index contributed by atoms with van der Waals surface area (Å²) < 4.78 is 62.5. The van der Waals surface area contributed by atoms with Crippen LogP contribution in [0.3, 0.4) is 0 Å². The van der Waals surface area contributed by atoms with Crippen molar-refractivity contribution in [3.05, 3.63) is 57.0 Å². The van der Waals surface area contributed by atoms with Gasteiger partial charge in [0.05, 0.1) is 33.3 Å². The summed E-state index contributed by atoms with van der Waals surface area (Å²) in [6.07, 6.45) is -1.37. The zero-order chi connectivity index (χ0) is 27.7. The Morgan fingerprint density at radius 3 is 2.53 bits per heavy atom. The highest BCUT2D eigenvalue weighted by atomic mass is 35.5. The summed E-state index contributed by atoms with van der Waals surface area (Å²) in [4.78, 5) is 43.4. The van der Waals surface area contributed by atoms with E-state index in [4.69, 9.17) is 11.6 Å². The lowest BCUT2D eigenvalue weighted by molar-refractivity contribution is -0.137. The average Bonchev–Trinajstić information content (AvgIpc) is 3.35. The van der Waals surface area contributed by atoms with E-state index in [-0.39, 0.29) is 53.2 Å². The smallest absolute Gasteiger partial charge is 0.354 e. The van der Waals surface area contributed by atoms with Gasteiger partial charge in [-0.1, -0.05) is 18.5 Å². The van der Waals surface area contributed by atoms with Gasteiger partial charge in [0.2, 0.25) is 0 Å². The number of hydrogen-bond acceptors (Lipinski definition) is 10. The second-order valence-corrected chi connectivity index (χ2v) is 12.3. The molecule has 0 unspecified atom stereocenters. The topological polar surface area (TPSA) is 135 Å². The van der Waals surface area contributed by atoms with Gasteiger partial charge >= 0.3 is 6.18 Å². The van der Waals surface area contributed by atoms with Gasteiger partial charge < -0.3 is 10.2 Å². The van der Waals surface area contributed by atoms with Gasteiger partial charge in [-0.25, -0.2) is 28.4 Å². The molecule has 0 aliphatic carbocycles. The molecule has 1 aliphatic heterocycles. The average molecular weight is 589 g/mol. The van der Waals surface area contributed by atoms with Crippen LogP contribution in [0.15, 0.2) is 30.9 Å². The minimum Gasteiger partial charge on any atom is -0.354 e. The van der Waals surface area contributed by atoms with Crippen LogP contribution in [0.5, 0.6) is 0 Å². The molecule has 10 nitrogen and oxygen atoms in total. The van der Waals surface area contributed by atoms with E-state index in [1.54, 1.807) is 11.8 Å². The van der Waals surface area contributed by atoms with Crippen molar-refractivity contribution >= 4 is 56.1 Å². The molecule has 0 bridgehead atoms. The zero-order valence-corrected chi connectivity index (χ0v) is 22.1. The summed E-state index contributed by atoms with van der Waals surface area (Å²) in [5.74, 6) is -1.24. The van der Waals surface area contributed by atoms with Crippen molar-refractivity contribution < 1.29 is 31.2 Å². The highest BCUT2D eigenvalue weighted by Gasteiger charge is 2.34. The number of ketones is 1. The molecule has 1 saturated heterocycles. The highest BCUT2D eigenvalue weighted by Crippen LogP contribution is 2.35. The number of hydrogen-bond donors (Lipinski definition) is 1. The fourth-order valence-corrected chi connectivity index (χ4v) is 5.88. The number of rotatable bonds is 7. The molecule has 16 heteroatoms. The molecule has 3 aromatic heterocycles. The third kappa shape index (κ3) is 6.63. The van der Waals surface area contributed by atoms with Crippen molar-refractivity contribution in [1.29, 1.82) is 0 Å². The van der Waals surface area contributed by atoms with Gasteiger partial charge in [0, 0.05) is 37.7 Å². The molecule has 0 saturated carbocycles. The number of anilines is 2. The van der Waals surface area contributed by atoms with E-state index in [1.165, 1.54) is 18.6 Å². The van der Waals surface area contributed by atoms with Crippen molar-refractivity contribution in [2.24, 2.45) is 0 Å². The first-order chi connectivity index (χ1) is 17.8. The molecule has 4 heterocycles. The van der Waals surface area contributed by atoms with Crippen LogP contribution in [0.1, 0.15) is 50.0 Å². The van der Waals surface area contributed by atoms with E-state index in [0.717, 1.165) is 17.5 Å². The number of Topliss-reactive ketones (excluding diaryl/α,β-unsaturated/α-hetero) is 1. The molecule has 1 aliphatic rings. The lowest BCUT2D eigenvalue weighted by atomic mass is 10.0. The number of nitrogens with zero attached hydrogens (tertiary/aromatic N) is 5. The van der Waals surface area contributed by atoms with Crippen LogP contribution in [0.2, 0.25) is 5.02 Å². The number of alkyl halides is 3. The lowest BCUT2D eigenvalue weighted by Gasteiger charge is -2.27. The number of pyridine rings is 1. The second kappa shape index (κ2) is 10.9. The first kappa shape index (κ1) is 27.9. The molecule has 0 aromatic carbocycles. The van der Waals surface area contributed by atoms with Crippen molar-refractivity contribution in [2.45, 2.75) is 25.4 Å². The van der Waals surface area contributed by atoms with Gasteiger partial charge in [-0.3, -0.25) is 9.59 Å². The van der Waals surface area contributed by atoms with E-state index in [2.05, 4.69) is 25.3 Å². The number of carbonyl (C=O) groups excluding carboxylic acids is 2. The molecule has 202 valence electrons. The van der Waals surface area contributed by atoms with Gasteiger partial charge in [-0.05, 0) is 6.07 Å². The lowest BCUT2D eigenvalue weighted by Crippen LogP contribution is -2.40. The molecule has 0 radical (unpaired) electrons. The molecule has 1 N–H and O–H groups in total. The molecule has 1 fully saturated rings. The molecular weight excluding hydrogens is 569 g/mol. The molecule has 38 heavy (non-hydrogen) atoms. The Kier molecular flexibility index (Phi) is 7.99. The van der Waals surface area contributed by atoms with Gasteiger partial charge in [0.1, 0.15) is 28.5 Å². The maximum absolute atomic E-state index is 13.1. The molecule has 3 aromatic rings. The Morgan fingerprint density at radius 2 is 1.84 bits per heavy atom. The summed E-state index contributed by atoms with van der Waals surface area (Å²) in [6, 6.07) is 2.16. The van der Waals surface area contributed by atoms with E-state index in [1.807, 2.05) is 0 Å². The highest BCUT2D eigenvalue weighted by molar-refractivity contribution is 7.91. The van der Waals surface area contributed by atoms with Crippen LogP contribution in [-0.2, 0) is 16.0 Å². The molecule has 1 atom stereocenters. The summed E-state index contributed by atoms with van der Waals surface area (Å²) in [5, 5.41) is 2.18. The van der Waals surface area contributed by atoms with Gasteiger partial charge in [0.15, 0.2) is 15.6 Å². The fourth-order valence-electron chi connectivity index (χ4n) is 3.61. The predicted molar refractivity (Wildman–Crippen MR) is 135 cm³/mol. The quantitative estimate of drug-likeness (QED) is 0.408. The second-order valence-electron chi connectivity index (χ2n) is 8.49. The standard InChI is InChI=1S/C22H20ClF3N6O4S2/c1-12(6-16(33)15-8-19(30-11-29-15)32-2-4-38(35,36)5-3-32)21-28-10-17(37-21)20(34)31-18-7-13(22(24,25)26)14(23)9-27-18/h7-12H,2-6H2,1H3,(H,27,31,34)/t12-/m0/s1. The van der Waals surface area contributed by atoms with Gasteiger partial charge in [-0.15, -0.1) is 11.3 Å². The largest absolute Gasteiger partial charge is 0.418 e. The Hall–Kier alpha value is -3.17. The predicted octanol–water partition coefficient (Wildman–Crippen LogP) is 3.86. The minimum atomic E-state index is -4.71. The summed E-state index contributed by atoms with van der Waals surface area (Å²) in [7, 11) is -3.07. The van der Waals surface area contributed by atoms with Crippen LogP contribution in [0.25, 0.3) is 0 Å². The van der Waals surface area contributed by atoms with E-state index >= 15 is 0 Å². The van der Waals surface area contributed by atoms with Crippen LogP contribution in [0.4, 0.5) is 24.8 Å². The summed E-state index contributed by atoms with van der Waals surface area (Å²) in [6.45, 7) is 2.29. The van der Waals surface area contributed by atoms with E-state index in [0.29, 0.717) is 16.9 Å². The first-order valence-electron chi connectivity index (χ1n) is 11.1. The molecular formula is C22H20ClF3N6O4S2. The fraction of sp³-hybridized carbons (Fsp3) is 0.364. The monoisotopic (exact) mass is 588 g/mol. The maximum atomic E-state index is 13.1. The minimum absolute atomic E-state index is 0.00878. The summed E-state index contributed by atoms with van der Waals surface area (Å²) in [5.41, 5.74) is -0.959. The Balaban J connectivity index is 1.39.